The molecule has 0 radical (unpaired) electrons. The van der Waals surface area contributed by atoms with Crippen LogP contribution in [0.3, 0.4) is 0 Å². The zero-order valence-electron chi connectivity index (χ0n) is 16.5. The molecule has 2 N–H and O–H groups in total. The Morgan fingerprint density at radius 1 is 1.21 bits per heavy atom. The largest absolute Gasteiger partial charge is 0.395 e. The van der Waals surface area contributed by atoms with E-state index in [-0.39, 0.29) is 30.7 Å². The third-order valence-electron chi connectivity index (χ3n) is 4.99. The van der Waals surface area contributed by atoms with Gasteiger partial charge in [-0.05, 0) is 18.2 Å². The van der Waals surface area contributed by atoms with Crippen LogP contribution in [0.1, 0.15) is 13.8 Å². The summed E-state index contributed by atoms with van der Waals surface area (Å²) in [6.45, 7) is 6.17. The van der Waals surface area contributed by atoms with E-state index in [1.54, 1.807) is 12.1 Å². The Kier molecular flexibility index (Phi) is 6.44. The van der Waals surface area contributed by atoms with Crippen LogP contribution in [0.15, 0.2) is 30.0 Å². The van der Waals surface area contributed by atoms with Gasteiger partial charge in [0.25, 0.3) is 11.8 Å². The van der Waals surface area contributed by atoms with Crippen LogP contribution in [0.25, 0.3) is 0 Å². The summed E-state index contributed by atoms with van der Waals surface area (Å²) in [6.07, 6.45) is 1.21. The molecule has 3 rings (SSSR count). The molecule has 0 atom stereocenters. The zero-order chi connectivity index (χ0) is 21.1. The van der Waals surface area contributed by atoms with E-state index in [4.69, 9.17) is 16.7 Å². The number of halogens is 1. The van der Waals surface area contributed by atoms with Gasteiger partial charge in [0, 0.05) is 43.9 Å². The highest BCUT2D eigenvalue weighted by Gasteiger charge is 2.31. The number of β-amino-alcohol motifs (C(OH)–C–C–N with tert-alkyl or cyclic N) is 1. The van der Waals surface area contributed by atoms with E-state index in [1.807, 2.05) is 24.8 Å². The Balaban J connectivity index is 1.64. The van der Waals surface area contributed by atoms with E-state index in [9.17, 15) is 14.4 Å². The third-order valence-corrected chi connectivity index (χ3v) is 5.29. The fraction of sp³-hybridized carbons (Fsp3) is 0.450. The summed E-state index contributed by atoms with van der Waals surface area (Å²) in [7, 11) is 0. The number of nitrogens with one attached hydrogen (secondary N) is 1. The molecule has 1 fully saturated rings. The second kappa shape index (κ2) is 8.84. The van der Waals surface area contributed by atoms with Crippen LogP contribution < -0.4 is 10.2 Å². The van der Waals surface area contributed by atoms with E-state index >= 15 is 0 Å². The van der Waals surface area contributed by atoms with Crippen molar-refractivity contribution in [1.29, 1.82) is 0 Å². The lowest BCUT2D eigenvalue weighted by atomic mass is 10.1. The lowest BCUT2D eigenvalue weighted by Gasteiger charge is -2.37. The van der Waals surface area contributed by atoms with Gasteiger partial charge in [-0.3, -0.25) is 19.3 Å². The minimum atomic E-state index is -0.477. The SMILES string of the molecule is CC(C)C(=O)N1CCN(c2ccc(NC3=CC(=O)N(CCO)C3=O)cc2Cl)CC1. The van der Waals surface area contributed by atoms with Crippen LogP contribution in [0.2, 0.25) is 5.02 Å². The van der Waals surface area contributed by atoms with Gasteiger partial charge >= 0.3 is 0 Å². The first kappa shape index (κ1) is 21.1. The number of hydrogen-bond acceptors (Lipinski definition) is 6. The smallest absolute Gasteiger partial charge is 0.277 e. The molecule has 156 valence electrons. The van der Waals surface area contributed by atoms with Crippen LogP contribution in [0.4, 0.5) is 11.4 Å². The molecule has 0 spiro atoms. The number of anilines is 2. The Bertz CT molecular complexity index is 847. The lowest BCUT2D eigenvalue weighted by Crippen LogP contribution is -2.50. The van der Waals surface area contributed by atoms with E-state index in [0.29, 0.717) is 36.9 Å². The van der Waals surface area contributed by atoms with Crippen molar-refractivity contribution in [3.8, 4) is 0 Å². The number of carbonyl (C=O) groups excluding carboxylic acids is 3. The minimum Gasteiger partial charge on any atom is -0.395 e. The molecule has 1 saturated heterocycles. The fourth-order valence-corrected chi connectivity index (χ4v) is 3.74. The van der Waals surface area contributed by atoms with Gasteiger partial charge in [-0.1, -0.05) is 25.4 Å². The Morgan fingerprint density at radius 3 is 2.48 bits per heavy atom. The maximum absolute atomic E-state index is 12.2. The molecule has 29 heavy (non-hydrogen) atoms. The third kappa shape index (κ3) is 4.54. The second-order valence-corrected chi connectivity index (χ2v) is 7.74. The Labute approximate surface area is 174 Å². The number of rotatable bonds is 6. The van der Waals surface area contributed by atoms with Gasteiger partial charge < -0.3 is 20.2 Å². The van der Waals surface area contributed by atoms with Crippen molar-refractivity contribution in [1.82, 2.24) is 9.80 Å². The summed E-state index contributed by atoms with van der Waals surface area (Å²) in [5.41, 5.74) is 1.59. The number of aliphatic hydroxyl groups excluding tert-OH is 1. The highest BCUT2D eigenvalue weighted by atomic mass is 35.5. The molecule has 1 aromatic rings. The molecule has 0 aromatic heterocycles. The fourth-order valence-electron chi connectivity index (χ4n) is 3.44. The molecular formula is C20H25ClN4O4. The molecule has 3 amide bonds. The summed E-state index contributed by atoms with van der Waals surface area (Å²) in [4.78, 5) is 41.2. The topological polar surface area (TPSA) is 93.2 Å². The predicted molar refractivity (Wildman–Crippen MR) is 111 cm³/mol. The average Bonchev–Trinajstić information content (AvgIpc) is 2.95. The number of hydrogen-bond donors (Lipinski definition) is 2. The van der Waals surface area contributed by atoms with Crippen molar-refractivity contribution in [2.75, 3.05) is 49.5 Å². The van der Waals surface area contributed by atoms with Crippen LogP contribution in [-0.2, 0) is 14.4 Å². The number of aliphatic hydroxyl groups is 1. The summed E-state index contributed by atoms with van der Waals surface area (Å²) < 4.78 is 0. The summed E-state index contributed by atoms with van der Waals surface area (Å²) >= 11 is 6.46. The maximum Gasteiger partial charge on any atom is 0.277 e. The molecule has 2 aliphatic rings. The molecule has 0 saturated carbocycles. The normalized spacial score (nSPS) is 17.3. The Hall–Kier alpha value is -2.58. The van der Waals surface area contributed by atoms with Crippen molar-refractivity contribution in [2.45, 2.75) is 13.8 Å². The number of imide groups is 1. The molecule has 2 heterocycles. The van der Waals surface area contributed by atoms with E-state index in [1.165, 1.54) is 6.08 Å². The van der Waals surface area contributed by atoms with E-state index in [2.05, 4.69) is 10.2 Å². The molecule has 0 bridgehead atoms. The number of piperazine rings is 1. The van der Waals surface area contributed by atoms with Gasteiger partial charge in [-0.15, -0.1) is 0 Å². The first-order chi connectivity index (χ1) is 13.8. The van der Waals surface area contributed by atoms with Gasteiger partial charge in [-0.25, -0.2) is 0 Å². The monoisotopic (exact) mass is 420 g/mol. The van der Waals surface area contributed by atoms with Crippen LogP contribution in [-0.4, -0.2) is 72.0 Å². The van der Waals surface area contributed by atoms with Crippen LogP contribution in [0.5, 0.6) is 0 Å². The molecular weight excluding hydrogens is 396 g/mol. The molecule has 8 nitrogen and oxygen atoms in total. The maximum atomic E-state index is 12.2. The van der Waals surface area contributed by atoms with Crippen molar-refractivity contribution >= 4 is 40.7 Å². The molecule has 0 aliphatic carbocycles. The van der Waals surface area contributed by atoms with Crippen molar-refractivity contribution in [2.24, 2.45) is 5.92 Å². The highest BCUT2D eigenvalue weighted by molar-refractivity contribution is 6.33. The lowest BCUT2D eigenvalue weighted by molar-refractivity contribution is -0.138. The standard InChI is InChI=1S/C20H25ClN4O4/c1-13(2)19(28)24-7-5-23(6-8-24)17-4-3-14(11-15(17)21)22-16-12-18(27)25(9-10-26)20(16)29/h3-4,11-13,22,26H,5-10H2,1-2H3. The van der Waals surface area contributed by atoms with Crippen molar-refractivity contribution in [3.63, 3.8) is 0 Å². The number of benzene rings is 1. The zero-order valence-corrected chi connectivity index (χ0v) is 17.3. The molecule has 1 aromatic carbocycles. The van der Waals surface area contributed by atoms with Gasteiger partial charge in [0.1, 0.15) is 5.70 Å². The molecule has 0 unspecified atom stereocenters. The summed E-state index contributed by atoms with van der Waals surface area (Å²) in [6, 6.07) is 5.36. The predicted octanol–water partition coefficient (Wildman–Crippen LogP) is 1.30. The first-order valence-corrected chi connectivity index (χ1v) is 9.98. The number of amides is 3. The first-order valence-electron chi connectivity index (χ1n) is 9.60. The molecule has 2 aliphatic heterocycles. The van der Waals surface area contributed by atoms with Gasteiger partial charge in [0.2, 0.25) is 5.91 Å². The summed E-state index contributed by atoms with van der Waals surface area (Å²) in [5, 5.41) is 12.4. The van der Waals surface area contributed by atoms with E-state index in [0.717, 1.165) is 10.6 Å². The van der Waals surface area contributed by atoms with Crippen molar-refractivity contribution < 1.29 is 19.5 Å². The quantitative estimate of drug-likeness (QED) is 0.674. The Morgan fingerprint density at radius 2 is 1.90 bits per heavy atom. The molecule has 9 heteroatoms. The average molecular weight is 421 g/mol. The minimum absolute atomic E-state index is 0.0108. The van der Waals surface area contributed by atoms with Gasteiger partial charge in [0.15, 0.2) is 0 Å². The van der Waals surface area contributed by atoms with Gasteiger partial charge in [-0.2, -0.15) is 0 Å². The van der Waals surface area contributed by atoms with Crippen LogP contribution in [0, 0.1) is 5.92 Å². The van der Waals surface area contributed by atoms with Crippen LogP contribution >= 0.6 is 11.6 Å². The highest BCUT2D eigenvalue weighted by Crippen LogP contribution is 2.30. The number of carbonyl (C=O) groups is 3. The second-order valence-electron chi connectivity index (χ2n) is 7.33. The number of nitrogens with zero attached hydrogens (tertiary/aromatic N) is 3. The van der Waals surface area contributed by atoms with Gasteiger partial charge in [0.05, 0.1) is 23.9 Å². The van der Waals surface area contributed by atoms with Crippen molar-refractivity contribution in [3.05, 3.63) is 35.0 Å². The summed E-state index contributed by atoms with van der Waals surface area (Å²) in [5.74, 6) is -0.781. The van der Waals surface area contributed by atoms with E-state index < -0.39 is 11.8 Å².